The first-order chi connectivity index (χ1) is 11.0. The minimum atomic E-state index is -2.62. The summed E-state index contributed by atoms with van der Waals surface area (Å²) in [6.45, 7) is -0.288. The number of imidazole rings is 1. The average Bonchev–Trinajstić information content (AvgIpc) is 3.01. The zero-order chi connectivity index (χ0) is 16.8. The van der Waals surface area contributed by atoms with E-state index in [0.717, 1.165) is 36.2 Å². The number of nitrogens with zero attached hydrogens (tertiary/aromatic N) is 3. The van der Waals surface area contributed by atoms with E-state index in [9.17, 15) is 13.6 Å². The molecule has 0 spiro atoms. The summed E-state index contributed by atoms with van der Waals surface area (Å²) in [6.07, 6.45) is 10.4. The van der Waals surface area contributed by atoms with Crippen molar-refractivity contribution in [3.8, 4) is 0 Å². The minimum absolute atomic E-state index is 0.0350. The monoisotopic (exact) mass is 327 g/mol. The molecule has 0 aliphatic heterocycles. The van der Waals surface area contributed by atoms with E-state index in [4.69, 9.17) is 0 Å². The molecule has 1 amide bonds. The first-order valence-corrected chi connectivity index (χ1v) is 8.57. The number of hydrogen-bond donors (Lipinski definition) is 0. The van der Waals surface area contributed by atoms with Gasteiger partial charge in [0.1, 0.15) is 5.82 Å². The summed E-state index contributed by atoms with van der Waals surface area (Å²) in [5.74, 6) is 1.07. The van der Waals surface area contributed by atoms with Gasteiger partial charge < -0.3 is 4.90 Å². The normalized spacial score (nSPS) is 21.6. The molecule has 0 unspecified atom stereocenters. The lowest BCUT2D eigenvalue weighted by atomic mass is 9.79. The zero-order valence-corrected chi connectivity index (χ0v) is 14.0. The van der Waals surface area contributed by atoms with E-state index < -0.39 is 6.55 Å². The molecule has 0 radical (unpaired) electrons. The van der Waals surface area contributed by atoms with Gasteiger partial charge in [-0.1, -0.05) is 26.2 Å². The van der Waals surface area contributed by atoms with E-state index in [2.05, 4.69) is 11.9 Å². The quantitative estimate of drug-likeness (QED) is 0.751. The zero-order valence-electron chi connectivity index (χ0n) is 14.0. The molecule has 1 aliphatic carbocycles. The van der Waals surface area contributed by atoms with Gasteiger partial charge in [0.2, 0.25) is 5.91 Å². The van der Waals surface area contributed by atoms with E-state index in [-0.39, 0.29) is 24.2 Å². The standard InChI is InChI=1S/C17H27F2N3O/c1-3-4-5-13-6-8-14(9-7-13)16(23)21(2)12-15-20-10-11-22(15)17(18)19/h10-11,13-14,17H,3-9,12H2,1-2H3. The molecule has 0 N–H and O–H groups in total. The van der Waals surface area contributed by atoms with Crippen LogP contribution in [0.4, 0.5) is 8.78 Å². The van der Waals surface area contributed by atoms with E-state index in [0.29, 0.717) is 0 Å². The van der Waals surface area contributed by atoms with E-state index in [1.165, 1.54) is 36.6 Å². The number of unbranched alkanes of at least 4 members (excludes halogenated alkanes) is 1. The van der Waals surface area contributed by atoms with Gasteiger partial charge in [0, 0.05) is 25.4 Å². The highest BCUT2D eigenvalue weighted by Crippen LogP contribution is 2.33. The highest BCUT2D eigenvalue weighted by atomic mass is 19.3. The Morgan fingerprint density at radius 2 is 2.09 bits per heavy atom. The van der Waals surface area contributed by atoms with Crippen molar-refractivity contribution in [2.24, 2.45) is 11.8 Å². The molecular weight excluding hydrogens is 300 g/mol. The van der Waals surface area contributed by atoms with Crippen LogP contribution < -0.4 is 0 Å². The molecule has 1 fully saturated rings. The van der Waals surface area contributed by atoms with E-state index >= 15 is 0 Å². The summed E-state index contributed by atoms with van der Waals surface area (Å²) in [6, 6.07) is 0. The highest BCUT2D eigenvalue weighted by molar-refractivity contribution is 5.78. The van der Waals surface area contributed by atoms with E-state index in [1.807, 2.05) is 0 Å². The smallest absolute Gasteiger partial charge is 0.319 e. The molecule has 1 saturated carbocycles. The molecule has 130 valence electrons. The molecule has 1 aromatic rings. The molecule has 6 heteroatoms. The maximum absolute atomic E-state index is 12.8. The van der Waals surface area contributed by atoms with Crippen LogP contribution in [0.1, 0.15) is 64.2 Å². The number of carbonyl (C=O) groups excluding carboxylic acids is 1. The maximum atomic E-state index is 12.8. The number of amides is 1. The largest absolute Gasteiger partial charge is 0.338 e. The van der Waals surface area contributed by atoms with Gasteiger partial charge in [0.05, 0.1) is 6.54 Å². The molecule has 1 aliphatic rings. The summed E-state index contributed by atoms with van der Waals surface area (Å²) >= 11 is 0. The molecular formula is C17H27F2N3O. The van der Waals surface area contributed by atoms with E-state index in [1.54, 1.807) is 7.05 Å². The van der Waals surface area contributed by atoms with Crippen LogP contribution in [0.3, 0.4) is 0 Å². The summed E-state index contributed by atoms with van der Waals surface area (Å²) in [4.78, 5) is 18.0. The Bertz CT molecular complexity index is 496. The van der Waals surface area contributed by atoms with Gasteiger partial charge in [-0.25, -0.2) is 4.98 Å². The van der Waals surface area contributed by atoms with Crippen molar-refractivity contribution in [2.75, 3.05) is 7.05 Å². The Balaban J connectivity index is 1.85. The van der Waals surface area contributed by atoms with Crippen LogP contribution >= 0.6 is 0 Å². The van der Waals surface area contributed by atoms with Crippen molar-refractivity contribution < 1.29 is 13.6 Å². The number of rotatable bonds is 7. The predicted molar refractivity (Wildman–Crippen MR) is 84.9 cm³/mol. The number of halogens is 2. The first-order valence-electron chi connectivity index (χ1n) is 8.57. The Hall–Kier alpha value is -1.46. The summed E-state index contributed by atoms with van der Waals surface area (Å²) < 4.78 is 26.5. The second-order valence-electron chi connectivity index (χ2n) is 6.58. The minimum Gasteiger partial charge on any atom is -0.338 e. The van der Waals surface area contributed by atoms with Crippen LogP contribution in [-0.4, -0.2) is 27.4 Å². The Morgan fingerprint density at radius 1 is 1.39 bits per heavy atom. The van der Waals surface area contributed by atoms with Crippen LogP contribution in [0.2, 0.25) is 0 Å². The molecule has 0 bridgehead atoms. The number of alkyl halides is 2. The lowest BCUT2D eigenvalue weighted by molar-refractivity contribution is -0.136. The highest BCUT2D eigenvalue weighted by Gasteiger charge is 2.28. The fraction of sp³-hybridized carbons (Fsp3) is 0.765. The van der Waals surface area contributed by atoms with Gasteiger partial charge in [-0.05, 0) is 31.6 Å². The topological polar surface area (TPSA) is 38.1 Å². The Kier molecular flexibility index (Phi) is 6.54. The predicted octanol–water partition coefficient (Wildman–Crippen LogP) is 4.23. The number of carbonyl (C=O) groups is 1. The Morgan fingerprint density at radius 3 is 2.70 bits per heavy atom. The third-order valence-electron chi connectivity index (χ3n) is 4.88. The van der Waals surface area contributed by atoms with Crippen LogP contribution in [0.25, 0.3) is 0 Å². The molecule has 0 saturated heterocycles. The summed E-state index contributed by atoms with van der Waals surface area (Å²) in [5.41, 5.74) is 0. The average molecular weight is 327 g/mol. The molecule has 0 aromatic carbocycles. The molecule has 1 aromatic heterocycles. The van der Waals surface area contributed by atoms with Crippen LogP contribution in [0, 0.1) is 11.8 Å². The van der Waals surface area contributed by atoms with Gasteiger partial charge in [-0.15, -0.1) is 0 Å². The Labute approximate surface area is 136 Å². The lowest BCUT2D eigenvalue weighted by Crippen LogP contribution is -2.35. The summed E-state index contributed by atoms with van der Waals surface area (Å²) in [5, 5.41) is 0. The second-order valence-corrected chi connectivity index (χ2v) is 6.58. The number of hydrogen-bond acceptors (Lipinski definition) is 2. The summed E-state index contributed by atoms with van der Waals surface area (Å²) in [7, 11) is 1.68. The second kappa shape index (κ2) is 8.41. The fourth-order valence-corrected chi connectivity index (χ4v) is 3.44. The molecule has 2 rings (SSSR count). The molecule has 4 nitrogen and oxygen atoms in total. The molecule has 0 atom stereocenters. The fourth-order valence-electron chi connectivity index (χ4n) is 3.44. The number of aromatic nitrogens is 2. The maximum Gasteiger partial charge on any atom is 0.319 e. The van der Waals surface area contributed by atoms with Crippen molar-refractivity contribution in [3.05, 3.63) is 18.2 Å². The SMILES string of the molecule is CCCCC1CCC(C(=O)N(C)Cc2nccn2C(F)F)CC1. The lowest BCUT2D eigenvalue weighted by Gasteiger charge is -2.30. The van der Waals surface area contributed by atoms with Gasteiger partial charge in [-0.2, -0.15) is 8.78 Å². The molecule has 23 heavy (non-hydrogen) atoms. The van der Waals surface area contributed by atoms with Crippen molar-refractivity contribution in [1.82, 2.24) is 14.5 Å². The third-order valence-corrected chi connectivity index (χ3v) is 4.88. The molecule has 1 heterocycles. The van der Waals surface area contributed by atoms with Gasteiger partial charge in [-0.3, -0.25) is 9.36 Å². The van der Waals surface area contributed by atoms with Crippen molar-refractivity contribution in [2.45, 2.75) is 65.0 Å². The van der Waals surface area contributed by atoms with Crippen molar-refractivity contribution in [1.29, 1.82) is 0 Å². The van der Waals surface area contributed by atoms with Gasteiger partial charge in [0.25, 0.3) is 0 Å². The van der Waals surface area contributed by atoms with Crippen LogP contribution in [-0.2, 0) is 11.3 Å². The first kappa shape index (κ1) is 17.9. The van der Waals surface area contributed by atoms with Gasteiger partial charge in [0.15, 0.2) is 0 Å². The van der Waals surface area contributed by atoms with Crippen molar-refractivity contribution >= 4 is 5.91 Å². The van der Waals surface area contributed by atoms with Crippen LogP contribution in [0.15, 0.2) is 12.4 Å². The van der Waals surface area contributed by atoms with Crippen LogP contribution in [0.5, 0.6) is 0 Å². The van der Waals surface area contributed by atoms with Gasteiger partial charge >= 0.3 is 6.55 Å². The third kappa shape index (κ3) is 4.75. The van der Waals surface area contributed by atoms with Crippen molar-refractivity contribution in [3.63, 3.8) is 0 Å².